The van der Waals surface area contributed by atoms with Crippen molar-refractivity contribution in [2.75, 3.05) is 19.7 Å². The van der Waals surface area contributed by atoms with Gasteiger partial charge in [-0.05, 0) is 35.1 Å². The Hall–Kier alpha value is -3.15. The van der Waals surface area contributed by atoms with Gasteiger partial charge in [-0.3, -0.25) is 14.4 Å². The van der Waals surface area contributed by atoms with Gasteiger partial charge in [-0.2, -0.15) is 0 Å². The molecule has 0 fully saturated rings. The van der Waals surface area contributed by atoms with Crippen LogP contribution in [0.4, 0.5) is 0 Å². The summed E-state index contributed by atoms with van der Waals surface area (Å²) in [5, 5.41) is 5.19. The van der Waals surface area contributed by atoms with Gasteiger partial charge in [0, 0.05) is 12.1 Å². The number of amides is 2. The third-order valence-electron chi connectivity index (χ3n) is 4.35. The molecule has 0 spiro atoms. The number of esters is 1. The zero-order valence-corrected chi connectivity index (χ0v) is 17.2. The minimum atomic E-state index is -0.664. The summed E-state index contributed by atoms with van der Waals surface area (Å²) in [4.78, 5) is 35.6. The first-order valence-electron chi connectivity index (χ1n) is 9.60. The van der Waals surface area contributed by atoms with Crippen LogP contribution < -0.4 is 10.6 Å². The largest absolute Gasteiger partial charge is 0.454 e. The molecule has 0 saturated carbocycles. The zero-order valence-electron chi connectivity index (χ0n) is 17.2. The summed E-state index contributed by atoms with van der Waals surface area (Å²) in [6.45, 7) is 6.07. The molecule has 0 aliphatic carbocycles. The average Bonchev–Trinajstić information content (AvgIpc) is 2.70. The van der Waals surface area contributed by atoms with Gasteiger partial charge < -0.3 is 15.4 Å². The van der Waals surface area contributed by atoms with Crippen molar-refractivity contribution in [1.29, 1.82) is 0 Å². The number of hydrogen-bond acceptors (Lipinski definition) is 4. The maximum absolute atomic E-state index is 12.1. The van der Waals surface area contributed by atoms with Crippen LogP contribution >= 0.6 is 0 Å². The molecule has 0 aromatic heterocycles. The van der Waals surface area contributed by atoms with E-state index in [4.69, 9.17) is 4.74 Å². The predicted molar refractivity (Wildman–Crippen MR) is 112 cm³/mol. The SMILES string of the molecule is CC(C)(C)c1ccc(C(=O)NCC(=O)OCC(=O)NCCc2ccccc2)cc1. The van der Waals surface area contributed by atoms with E-state index < -0.39 is 5.97 Å². The lowest BCUT2D eigenvalue weighted by atomic mass is 9.87. The highest BCUT2D eigenvalue weighted by atomic mass is 16.5. The molecule has 0 saturated heterocycles. The van der Waals surface area contributed by atoms with Crippen molar-refractivity contribution in [3.05, 3.63) is 71.3 Å². The number of carbonyl (C=O) groups is 3. The standard InChI is InChI=1S/C23H28N2O4/c1-23(2,3)19-11-9-18(10-12-19)22(28)25-15-21(27)29-16-20(26)24-14-13-17-7-5-4-6-8-17/h4-12H,13-16H2,1-3H3,(H,24,26)(H,25,28). The van der Waals surface area contributed by atoms with E-state index in [0.717, 1.165) is 11.1 Å². The van der Waals surface area contributed by atoms with Gasteiger partial charge >= 0.3 is 5.97 Å². The Morgan fingerprint density at radius 1 is 0.897 bits per heavy atom. The van der Waals surface area contributed by atoms with Crippen molar-refractivity contribution in [2.24, 2.45) is 0 Å². The Labute approximate surface area is 171 Å². The molecule has 2 aromatic rings. The lowest BCUT2D eigenvalue weighted by molar-refractivity contribution is -0.147. The second-order valence-electron chi connectivity index (χ2n) is 7.76. The number of carbonyl (C=O) groups excluding carboxylic acids is 3. The zero-order chi connectivity index (χ0) is 21.3. The van der Waals surface area contributed by atoms with E-state index in [1.165, 1.54) is 0 Å². The van der Waals surface area contributed by atoms with E-state index in [1.54, 1.807) is 12.1 Å². The molecule has 154 valence electrons. The fourth-order valence-corrected chi connectivity index (χ4v) is 2.62. The van der Waals surface area contributed by atoms with Crippen LogP contribution in [0.2, 0.25) is 0 Å². The molecule has 2 rings (SSSR count). The minimum Gasteiger partial charge on any atom is -0.454 e. The summed E-state index contributed by atoms with van der Waals surface area (Å²) >= 11 is 0. The highest BCUT2D eigenvalue weighted by Gasteiger charge is 2.15. The van der Waals surface area contributed by atoms with Crippen LogP contribution in [0.1, 0.15) is 42.3 Å². The molecule has 0 atom stereocenters. The fraction of sp³-hybridized carbons (Fsp3) is 0.348. The fourth-order valence-electron chi connectivity index (χ4n) is 2.62. The number of nitrogens with one attached hydrogen (secondary N) is 2. The number of benzene rings is 2. The van der Waals surface area contributed by atoms with Gasteiger partial charge in [-0.1, -0.05) is 63.2 Å². The van der Waals surface area contributed by atoms with Crippen molar-refractivity contribution < 1.29 is 19.1 Å². The van der Waals surface area contributed by atoms with Crippen molar-refractivity contribution in [1.82, 2.24) is 10.6 Å². The Balaban J connectivity index is 1.65. The molecule has 2 aromatic carbocycles. The first-order valence-corrected chi connectivity index (χ1v) is 9.60. The number of rotatable bonds is 8. The van der Waals surface area contributed by atoms with E-state index in [0.29, 0.717) is 18.5 Å². The van der Waals surface area contributed by atoms with E-state index in [9.17, 15) is 14.4 Å². The summed E-state index contributed by atoms with van der Waals surface area (Å²) in [7, 11) is 0. The van der Waals surface area contributed by atoms with E-state index >= 15 is 0 Å². The molecule has 29 heavy (non-hydrogen) atoms. The van der Waals surface area contributed by atoms with Crippen molar-refractivity contribution in [2.45, 2.75) is 32.6 Å². The Bertz CT molecular complexity index is 824. The second kappa shape index (κ2) is 10.4. The molecule has 6 nitrogen and oxygen atoms in total. The van der Waals surface area contributed by atoms with Crippen LogP contribution in [-0.4, -0.2) is 37.5 Å². The quantitative estimate of drug-likeness (QED) is 0.672. The molecule has 0 heterocycles. The lowest BCUT2D eigenvalue weighted by Gasteiger charge is -2.19. The van der Waals surface area contributed by atoms with E-state index in [-0.39, 0.29) is 30.4 Å². The summed E-state index contributed by atoms with van der Waals surface area (Å²) < 4.78 is 4.89. The summed E-state index contributed by atoms with van der Waals surface area (Å²) in [6, 6.07) is 17.0. The monoisotopic (exact) mass is 396 g/mol. The summed E-state index contributed by atoms with van der Waals surface area (Å²) in [5.74, 6) is -1.41. The summed E-state index contributed by atoms with van der Waals surface area (Å²) in [5.41, 5.74) is 2.69. The molecule has 0 radical (unpaired) electrons. The molecule has 0 aliphatic heterocycles. The van der Waals surface area contributed by atoms with Gasteiger partial charge in [0.2, 0.25) is 0 Å². The van der Waals surface area contributed by atoms with Crippen LogP contribution in [0.25, 0.3) is 0 Å². The van der Waals surface area contributed by atoms with Crippen LogP contribution in [0.5, 0.6) is 0 Å². The first-order chi connectivity index (χ1) is 13.8. The molecule has 6 heteroatoms. The highest BCUT2D eigenvalue weighted by Crippen LogP contribution is 2.22. The molecule has 2 amide bonds. The van der Waals surface area contributed by atoms with Gasteiger partial charge in [-0.25, -0.2) is 0 Å². The van der Waals surface area contributed by atoms with Gasteiger partial charge in [0.25, 0.3) is 11.8 Å². The third kappa shape index (κ3) is 7.78. The Morgan fingerprint density at radius 2 is 1.55 bits per heavy atom. The molecular weight excluding hydrogens is 368 g/mol. The van der Waals surface area contributed by atoms with Crippen molar-refractivity contribution in [3.8, 4) is 0 Å². The normalized spacial score (nSPS) is 10.9. The van der Waals surface area contributed by atoms with Crippen molar-refractivity contribution in [3.63, 3.8) is 0 Å². The summed E-state index contributed by atoms with van der Waals surface area (Å²) in [6.07, 6.45) is 0.699. The topological polar surface area (TPSA) is 84.5 Å². The maximum atomic E-state index is 12.1. The number of ether oxygens (including phenoxy) is 1. The van der Waals surface area contributed by atoms with Gasteiger partial charge in [0.05, 0.1) is 0 Å². The minimum absolute atomic E-state index is 0.000477. The van der Waals surface area contributed by atoms with Gasteiger partial charge in [-0.15, -0.1) is 0 Å². The van der Waals surface area contributed by atoms with Crippen LogP contribution in [0.15, 0.2) is 54.6 Å². The smallest absolute Gasteiger partial charge is 0.325 e. The van der Waals surface area contributed by atoms with Crippen LogP contribution in [0.3, 0.4) is 0 Å². The first kappa shape index (κ1) is 22.1. The van der Waals surface area contributed by atoms with Crippen LogP contribution in [0, 0.1) is 0 Å². The van der Waals surface area contributed by atoms with Crippen LogP contribution in [-0.2, 0) is 26.2 Å². The molecule has 2 N–H and O–H groups in total. The van der Waals surface area contributed by atoms with Crippen molar-refractivity contribution >= 4 is 17.8 Å². The third-order valence-corrected chi connectivity index (χ3v) is 4.35. The maximum Gasteiger partial charge on any atom is 0.325 e. The lowest BCUT2D eigenvalue weighted by Crippen LogP contribution is -2.34. The molecule has 0 bridgehead atoms. The van der Waals surface area contributed by atoms with E-state index in [2.05, 4.69) is 31.4 Å². The Kier molecular flexibility index (Phi) is 7.95. The Morgan fingerprint density at radius 3 is 2.17 bits per heavy atom. The van der Waals surface area contributed by atoms with Gasteiger partial charge in [0.15, 0.2) is 6.61 Å². The highest BCUT2D eigenvalue weighted by molar-refractivity contribution is 5.96. The predicted octanol–water partition coefficient (Wildman–Crippen LogP) is 2.62. The average molecular weight is 396 g/mol. The van der Waals surface area contributed by atoms with E-state index in [1.807, 2.05) is 42.5 Å². The molecule has 0 aliphatic rings. The van der Waals surface area contributed by atoms with Gasteiger partial charge in [0.1, 0.15) is 6.54 Å². The molecular formula is C23H28N2O4. The number of hydrogen-bond donors (Lipinski definition) is 2. The second-order valence-corrected chi connectivity index (χ2v) is 7.76. The molecule has 0 unspecified atom stereocenters.